The van der Waals surface area contributed by atoms with E-state index < -0.39 is 8.32 Å². The molecule has 3 heterocycles. The molecule has 0 N–H and O–H groups in total. The van der Waals surface area contributed by atoms with Crippen LogP contribution in [-0.4, -0.2) is 45.2 Å². The summed E-state index contributed by atoms with van der Waals surface area (Å²) in [7, 11) is -1.79. The van der Waals surface area contributed by atoms with E-state index in [9.17, 15) is 0 Å². The largest absolute Gasteiger partial charge is 0.415 e. The highest BCUT2D eigenvalue weighted by atomic mass is 32.2. The van der Waals surface area contributed by atoms with Crippen LogP contribution in [0.2, 0.25) is 18.1 Å². The second kappa shape index (κ2) is 8.85. The highest BCUT2D eigenvalue weighted by molar-refractivity contribution is 8.00. The van der Waals surface area contributed by atoms with Gasteiger partial charge in [-0.3, -0.25) is 4.98 Å². The van der Waals surface area contributed by atoms with Gasteiger partial charge in [-0.25, -0.2) is 0 Å². The average molecular weight is 507 g/mol. The van der Waals surface area contributed by atoms with Gasteiger partial charge in [-0.2, -0.15) is 11.8 Å². The van der Waals surface area contributed by atoms with Crippen LogP contribution in [0.1, 0.15) is 57.7 Å². The van der Waals surface area contributed by atoms with Gasteiger partial charge in [0.05, 0.1) is 5.41 Å². The van der Waals surface area contributed by atoms with E-state index in [-0.39, 0.29) is 15.2 Å². The number of hydrogen-bond acceptors (Lipinski definition) is 5. The van der Waals surface area contributed by atoms with E-state index in [1.165, 1.54) is 11.1 Å². The Hall–Kier alpha value is -1.96. The van der Waals surface area contributed by atoms with Crippen LogP contribution in [0.3, 0.4) is 0 Å². The summed E-state index contributed by atoms with van der Waals surface area (Å²) in [5, 5.41) is 9.77. The maximum Gasteiger partial charge on any atom is 0.192 e. The lowest BCUT2D eigenvalue weighted by Gasteiger charge is -2.39. The van der Waals surface area contributed by atoms with Crippen molar-refractivity contribution in [3.8, 4) is 11.1 Å². The number of aromatic nitrogens is 4. The zero-order chi connectivity index (χ0) is 24.9. The monoisotopic (exact) mass is 506 g/mol. The van der Waals surface area contributed by atoms with Crippen molar-refractivity contribution in [3.63, 3.8) is 0 Å². The number of rotatable bonds is 6. The fraction of sp³-hybridized carbons (Fsp3) is 0.536. The molecule has 1 aromatic carbocycles. The van der Waals surface area contributed by atoms with E-state index in [2.05, 4.69) is 80.7 Å². The van der Waals surface area contributed by atoms with Crippen molar-refractivity contribution in [2.24, 2.45) is 0 Å². The molecule has 5 rings (SSSR count). The standard InChI is InChI=1S/C28H38N4OSSi/c1-26(2,3)35(5,6)33-20-27(4)18-24-30-31-25(32(24)16-17-34-27)28(13-14-28)23-11-9-21(10-12-23)22-8-7-15-29-19-22/h7-12,15,19H,13-14,16-18,20H2,1-6H3/t27-/m0/s1. The molecule has 1 fully saturated rings. The molecule has 0 bridgehead atoms. The highest BCUT2D eigenvalue weighted by Gasteiger charge is 2.51. The minimum Gasteiger partial charge on any atom is -0.415 e. The number of benzene rings is 1. The van der Waals surface area contributed by atoms with Crippen LogP contribution in [-0.2, 0) is 22.8 Å². The number of nitrogens with zero attached hydrogens (tertiary/aromatic N) is 4. The van der Waals surface area contributed by atoms with E-state index in [4.69, 9.17) is 14.6 Å². The predicted molar refractivity (Wildman–Crippen MR) is 147 cm³/mol. The first-order valence-corrected chi connectivity index (χ1v) is 16.6. The summed E-state index contributed by atoms with van der Waals surface area (Å²) in [4.78, 5) is 4.26. The molecule has 2 aromatic heterocycles. The van der Waals surface area contributed by atoms with Crippen LogP contribution in [0.5, 0.6) is 0 Å². The van der Waals surface area contributed by atoms with E-state index >= 15 is 0 Å². The van der Waals surface area contributed by atoms with Crippen molar-refractivity contribution in [1.82, 2.24) is 19.7 Å². The number of fused-ring (bicyclic) bond motifs is 1. The number of hydrogen-bond donors (Lipinski definition) is 0. The summed E-state index contributed by atoms with van der Waals surface area (Å²) in [5.74, 6) is 3.33. The molecule has 0 amide bonds. The van der Waals surface area contributed by atoms with Gasteiger partial charge < -0.3 is 8.99 Å². The number of thioether (sulfide) groups is 1. The van der Waals surface area contributed by atoms with Crippen LogP contribution < -0.4 is 0 Å². The van der Waals surface area contributed by atoms with Gasteiger partial charge in [-0.15, -0.1) is 10.2 Å². The predicted octanol–water partition coefficient (Wildman–Crippen LogP) is 6.49. The highest BCUT2D eigenvalue weighted by Crippen LogP contribution is 2.53. The maximum atomic E-state index is 6.67. The molecule has 1 saturated carbocycles. The van der Waals surface area contributed by atoms with Crippen molar-refractivity contribution in [2.75, 3.05) is 12.4 Å². The van der Waals surface area contributed by atoms with Crippen LogP contribution in [0, 0.1) is 0 Å². The smallest absolute Gasteiger partial charge is 0.192 e. The minimum atomic E-state index is -1.79. The van der Waals surface area contributed by atoms with Crippen LogP contribution in [0.15, 0.2) is 48.8 Å². The molecule has 2 aliphatic rings. The first kappa shape index (κ1) is 24.7. The summed E-state index contributed by atoms with van der Waals surface area (Å²) in [6.45, 7) is 15.7. The fourth-order valence-electron chi connectivity index (χ4n) is 4.75. The normalized spacial score (nSPS) is 21.9. The van der Waals surface area contributed by atoms with E-state index in [1.807, 2.05) is 30.2 Å². The van der Waals surface area contributed by atoms with Gasteiger partial charge in [0, 0.05) is 42.5 Å². The molecule has 0 radical (unpaired) electrons. The van der Waals surface area contributed by atoms with Crippen molar-refractivity contribution < 1.29 is 4.43 Å². The van der Waals surface area contributed by atoms with E-state index in [1.54, 1.807) is 0 Å². The second-order valence-corrected chi connectivity index (χ2v) is 18.5. The third-order valence-corrected chi connectivity index (χ3v) is 14.1. The van der Waals surface area contributed by atoms with E-state index in [0.717, 1.165) is 55.4 Å². The molecule has 7 heteroatoms. The second-order valence-electron chi connectivity index (χ2n) is 12.0. The average Bonchev–Trinajstić information content (AvgIpc) is 3.57. The molecular formula is C28H38N4OSSi. The van der Waals surface area contributed by atoms with Crippen molar-refractivity contribution >= 4 is 20.1 Å². The lowest BCUT2D eigenvalue weighted by molar-refractivity contribution is 0.252. The molecular weight excluding hydrogens is 468 g/mol. The third-order valence-electron chi connectivity index (χ3n) is 8.28. The van der Waals surface area contributed by atoms with Gasteiger partial charge in [0.15, 0.2) is 8.32 Å². The van der Waals surface area contributed by atoms with Crippen LogP contribution in [0.25, 0.3) is 11.1 Å². The molecule has 1 aliphatic carbocycles. The SMILES string of the molecule is CC(C)(C)[Si](C)(C)OC[C@]1(C)Cc2nnc(C3(c4ccc(-c5cccnc5)cc4)CC3)n2CCS1. The zero-order valence-electron chi connectivity index (χ0n) is 22.0. The molecule has 186 valence electrons. The van der Waals surface area contributed by atoms with Gasteiger partial charge in [0.25, 0.3) is 0 Å². The topological polar surface area (TPSA) is 52.8 Å². The molecule has 5 nitrogen and oxygen atoms in total. The Bertz CT molecular complexity index is 1180. The van der Waals surface area contributed by atoms with Crippen molar-refractivity contribution in [3.05, 3.63) is 66.0 Å². The fourth-order valence-corrected chi connectivity index (χ4v) is 7.10. The summed E-state index contributed by atoms with van der Waals surface area (Å²) in [6.07, 6.45) is 6.91. The molecule has 35 heavy (non-hydrogen) atoms. The molecule has 0 unspecified atom stereocenters. The first-order valence-electron chi connectivity index (χ1n) is 12.7. The molecule has 1 atom stereocenters. The Morgan fingerprint density at radius 2 is 1.80 bits per heavy atom. The summed E-state index contributed by atoms with van der Waals surface area (Å²) < 4.78 is 9.11. The van der Waals surface area contributed by atoms with E-state index in [0.29, 0.717) is 0 Å². The Balaban J connectivity index is 1.36. The Morgan fingerprint density at radius 3 is 2.43 bits per heavy atom. The van der Waals surface area contributed by atoms with Gasteiger partial charge in [-0.1, -0.05) is 51.1 Å². The molecule has 1 aliphatic heterocycles. The third kappa shape index (κ3) is 4.75. The summed E-state index contributed by atoms with van der Waals surface area (Å²) in [5.41, 5.74) is 3.70. The molecule has 3 aromatic rings. The molecule has 0 saturated heterocycles. The Kier molecular flexibility index (Phi) is 6.25. The van der Waals surface area contributed by atoms with Crippen molar-refractivity contribution in [2.45, 2.75) is 81.8 Å². The van der Waals surface area contributed by atoms with Crippen LogP contribution >= 0.6 is 11.8 Å². The van der Waals surface area contributed by atoms with Crippen molar-refractivity contribution in [1.29, 1.82) is 0 Å². The van der Waals surface area contributed by atoms with Gasteiger partial charge in [0.1, 0.15) is 11.6 Å². The van der Waals surface area contributed by atoms with Gasteiger partial charge >= 0.3 is 0 Å². The summed E-state index contributed by atoms with van der Waals surface area (Å²) in [6, 6.07) is 13.1. The van der Waals surface area contributed by atoms with Gasteiger partial charge in [-0.05, 0) is 60.7 Å². The Morgan fingerprint density at radius 1 is 1.06 bits per heavy atom. The lowest BCUT2D eigenvalue weighted by atomic mass is 9.93. The Labute approximate surface area is 215 Å². The van der Waals surface area contributed by atoms with Crippen LogP contribution in [0.4, 0.5) is 0 Å². The maximum absolute atomic E-state index is 6.67. The quantitative estimate of drug-likeness (QED) is 0.358. The zero-order valence-corrected chi connectivity index (χ0v) is 23.8. The minimum absolute atomic E-state index is 0.00175. The molecule has 0 spiro atoms. The van der Waals surface area contributed by atoms with Gasteiger partial charge in [0.2, 0.25) is 0 Å². The summed E-state index contributed by atoms with van der Waals surface area (Å²) >= 11 is 2.04. The number of pyridine rings is 1. The first-order chi connectivity index (χ1) is 16.5. The lowest BCUT2D eigenvalue weighted by Crippen LogP contribution is -2.45.